The molecule has 6 nitrogen and oxygen atoms in total. The smallest absolute Gasteiger partial charge is 0.253 e. The normalized spacial score (nSPS) is 17.0. The van der Waals surface area contributed by atoms with Gasteiger partial charge in [-0.05, 0) is 61.7 Å². The summed E-state index contributed by atoms with van der Waals surface area (Å²) in [5.41, 5.74) is 5.03. The Kier molecular flexibility index (Phi) is 5.91. The molecule has 0 spiro atoms. The summed E-state index contributed by atoms with van der Waals surface area (Å²) < 4.78 is 2.32. The Hall–Kier alpha value is -3.90. The van der Waals surface area contributed by atoms with E-state index < -0.39 is 5.54 Å². The molecule has 0 saturated carbocycles. The zero-order valence-electron chi connectivity index (χ0n) is 19.4. The van der Waals surface area contributed by atoms with Crippen molar-refractivity contribution < 1.29 is 4.79 Å². The number of nitrogens with zero attached hydrogens (tertiary/aromatic N) is 2. The second kappa shape index (κ2) is 9.04. The number of anilines is 1. The fraction of sp³-hybridized carbons (Fsp3) is 0.179. The number of fused-ring (bicyclic) bond motifs is 3. The van der Waals surface area contributed by atoms with Crippen molar-refractivity contribution in [2.45, 2.75) is 31.8 Å². The lowest BCUT2D eigenvalue weighted by atomic mass is 9.82. The molecule has 176 valence electrons. The minimum Gasteiger partial charge on any atom is -0.342 e. The van der Waals surface area contributed by atoms with Crippen LogP contribution in [-0.2, 0) is 18.5 Å². The van der Waals surface area contributed by atoms with Gasteiger partial charge in [0.25, 0.3) is 5.91 Å². The molecule has 2 heterocycles. The van der Waals surface area contributed by atoms with Gasteiger partial charge in [-0.25, -0.2) is 0 Å². The van der Waals surface area contributed by atoms with E-state index in [2.05, 4.69) is 53.2 Å². The van der Waals surface area contributed by atoms with Crippen LogP contribution in [0.3, 0.4) is 0 Å². The molecule has 4 aromatic rings. The average Bonchev–Trinajstić information content (AvgIpc) is 3.21. The lowest BCUT2D eigenvalue weighted by Gasteiger charge is -2.40. The number of nitrogens with one attached hydrogen (secondary N) is 3. The molecule has 1 atom stereocenters. The summed E-state index contributed by atoms with van der Waals surface area (Å²) in [4.78, 5) is 14.9. The van der Waals surface area contributed by atoms with Crippen molar-refractivity contribution in [3.63, 3.8) is 0 Å². The summed E-state index contributed by atoms with van der Waals surface area (Å²) in [7, 11) is 0. The lowest BCUT2D eigenvalue weighted by Crippen LogP contribution is -2.51. The molecule has 35 heavy (non-hydrogen) atoms. The molecule has 3 N–H and O–H groups in total. The zero-order valence-corrected chi connectivity index (χ0v) is 20.1. The molecule has 3 aromatic carbocycles. The van der Waals surface area contributed by atoms with E-state index in [9.17, 15) is 4.79 Å². The first-order valence-electron chi connectivity index (χ1n) is 11.5. The first kappa shape index (κ1) is 22.9. The maximum absolute atomic E-state index is 13.6. The molecule has 0 bridgehead atoms. The van der Waals surface area contributed by atoms with Gasteiger partial charge in [0.1, 0.15) is 0 Å². The fourth-order valence-corrected chi connectivity index (χ4v) is 5.28. The topological polar surface area (TPSA) is 85.0 Å². The van der Waals surface area contributed by atoms with Crippen molar-refractivity contribution in [3.8, 4) is 0 Å². The van der Waals surface area contributed by atoms with Crippen LogP contribution in [0.5, 0.6) is 0 Å². The number of rotatable bonds is 6. The summed E-state index contributed by atoms with van der Waals surface area (Å²) >= 11 is 6.50. The largest absolute Gasteiger partial charge is 0.342 e. The summed E-state index contributed by atoms with van der Waals surface area (Å²) in [5.74, 6) is -0.252. The summed E-state index contributed by atoms with van der Waals surface area (Å²) in [6.45, 7) is 2.72. The maximum atomic E-state index is 13.6. The van der Waals surface area contributed by atoms with Crippen LogP contribution in [0.15, 0.2) is 72.8 Å². The number of halogens is 1. The number of aromatic nitrogens is 1. The highest BCUT2D eigenvalue weighted by Gasteiger charge is 2.38. The SMILES string of the molecule is Cc1ccc2c(c1)cc1n2C[C@@](NC(=O)c2ccc(N(C=N)C=N)cc2Cl)(c2ccccc2)CC1. The minimum atomic E-state index is -0.597. The summed E-state index contributed by atoms with van der Waals surface area (Å²) in [5, 5.41) is 19.7. The summed E-state index contributed by atoms with van der Waals surface area (Å²) in [6, 6.07) is 23.8. The molecule has 0 radical (unpaired) electrons. The molecule has 1 amide bonds. The van der Waals surface area contributed by atoms with Crippen LogP contribution in [0.25, 0.3) is 10.9 Å². The third kappa shape index (κ3) is 4.10. The van der Waals surface area contributed by atoms with Gasteiger partial charge < -0.3 is 9.88 Å². The van der Waals surface area contributed by atoms with Crippen molar-refractivity contribution in [1.29, 1.82) is 10.8 Å². The van der Waals surface area contributed by atoms with E-state index >= 15 is 0 Å². The molecule has 5 rings (SSSR count). The quantitative estimate of drug-likeness (QED) is 0.236. The average molecular weight is 484 g/mol. The van der Waals surface area contributed by atoms with Crippen LogP contribution < -0.4 is 10.2 Å². The molecular weight excluding hydrogens is 458 g/mol. The first-order chi connectivity index (χ1) is 16.9. The van der Waals surface area contributed by atoms with E-state index in [0.29, 0.717) is 17.8 Å². The predicted octanol–water partition coefficient (Wildman–Crippen LogP) is 5.90. The molecular formula is C28H26ClN5O. The Morgan fingerprint density at radius 3 is 2.54 bits per heavy atom. The molecule has 1 aliphatic heterocycles. The maximum Gasteiger partial charge on any atom is 0.253 e. The van der Waals surface area contributed by atoms with Crippen molar-refractivity contribution in [2.75, 3.05) is 4.90 Å². The van der Waals surface area contributed by atoms with Gasteiger partial charge in [0.15, 0.2) is 0 Å². The summed E-state index contributed by atoms with van der Waals surface area (Å²) in [6.07, 6.45) is 3.64. The number of carbonyl (C=O) groups is 1. The zero-order chi connectivity index (χ0) is 24.6. The van der Waals surface area contributed by atoms with Gasteiger partial charge in [-0.1, -0.05) is 53.6 Å². The van der Waals surface area contributed by atoms with Crippen molar-refractivity contribution in [1.82, 2.24) is 9.88 Å². The predicted molar refractivity (Wildman–Crippen MR) is 142 cm³/mol. The van der Waals surface area contributed by atoms with Gasteiger partial charge in [-0.3, -0.25) is 20.5 Å². The Bertz CT molecular complexity index is 1440. The first-order valence-corrected chi connectivity index (χ1v) is 11.9. The molecule has 0 saturated heterocycles. The van der Waals surface area contributed by atoms with E-state index in [1.807, 2.05) is 18.2 Å². The molecule has 0 unspecified atom stereocenters. The Labute approximate surface area is 209 Å². The second-order valence-corrected chi connectivity index (χ2v) is 9.42. The Morgan fingerprint density at radius 1 is 1.06 bits per heavy atom. The second-order valence-electron chi connectivity index (χ2n) is 9.02. The number of hydrogen-bond acceptors (Lipinski definition) is 3. The van der Waals surface area contributed by atoms with Crippen LogP contribution >= 0.6 is 11.6 Å². The van der Waals surface area contributed by atoms with Gasteiger partial charge in [0.2, 0.25) is 0 Å². The monoisotopic (exact) mass is 483 g/mol. The van der Waals surface area contributed by atoms with E-state index in [1.165, 1.54) is 27.1 Å². The molecule has 1 aromatic heterocycles. The van der Waals surface area contributed by atoms with E-state index in [-0.39, 0.29) is 10.9 Å². The Morgan fingerprint density at radius 2 is 1.83 bits per heavy atom. The van der Waals surface area contributed by atoms with E-state index in [4.69, 9.17) is 22.4 Å². The number of amides is 1. The molecule has 1 aliphatic rings. The van der Waals surface area contributed by atoms with Crippen LogP contribution in [0, 0.1) is 17.7 Å². The minimum absolute atomic E-state index is 0.252. The highest BCUT2D eigenvalue weighted by molar-refractivity contribution is 6.34. The number of hydrogen-bond donors (Lipinski definition) is 3. The van der Waals surface area contributed by atoms with Crippen molar-refractivity contribution in [3.05, 3.63) is 100 Å². The third-order valence-corrected chi connectivity index (χ3v) is 7.14. The van der Waals surface area contributed by atoms with E-state index in [1.54, 1.807) is 18.2 Å². The lowest BCUT2D eigenvalue weighted by molar-refractivity contribution is 0.0868. The molecule has 7 heteroatoms. The third-order valence-electron chi connectivity index (χ3n) is 6.83. The number of benzene rings is 3. The number of carbonyl (C=O) groups excluding carboxylic acids is 1. The highest BCUT2D eigenvalue weighted by Crippen LogP contribution is 2.37. The van der Waals surface area contributed by atoms with Crippen LogP contribution in [0.1, 0.15) is 33.6 Å². The van der Waals surface area contributed by atoms with Gasteiger partial charge >= 0.3 is 0 Å². The molecule has 0 aliphatic carbocycles. The van der Waals surface area contributed by atoms with E-state index in [0.717, 1.165) is 31.1 Å². The highest BCUT2D eigenvalue weighted by atomic mass is 35.5. The fourth-order valence-electron chi connectivity index (χ4n) is 5.02. The van der Waals surface area contributed by atoms with Crippen LogP contribution in [0.2, 0.25) is 5.02 Å². The van der Waals surface area contributed by atoms with Crippen molar-refractivity contribution in [2.24, 2.45) is 0 Å². The van der Waals surface area contributed by atoms with Crippen LogP contribution in [-0.4, -0.2) is 23.2 Å². The van der Waals surface area contributed by atoms with Gasteiger partial charge in [-0.15, -0.1) is 0 Å². The van der Waals surface area contributed by atoms with Crippen LogP contribution in [0.4, 0.5) is 5.69 Å². The van der Waals surface area contributed by atoms with Gasteiger partial charge in [0.05, 0.1) is 35.3 Å². The standard InChI is InChI=1S/C28H26ClN5O/c1-19-7-10-26-20(13-19)14-23-11-12-28(16-34(23)26,21-5-3-2-4-6-21)32-27(35)24-9-8-22(15-25(24)29)33(17-30)18-31/h2-10,13-15,17-18,30-31H,11-12,16H2,1H3,(H,32,35)/t28-/m1/s1. The van der Waals surface area contributed by atoms with Gasteiger partial charge in [0, 0.05) is 22.3 Å². The molecule has 0 fully saturated rings. The van der Waals surface area contributed by atoms with Gasteiger partial charge in [-0.2, -0.15) is 0 Å². The number of aryl methyl sites for hydroxylation is 2. The van der Waals surface area contributed by atoms with Crippen molar-refractivity contribution >= 4 is 46.8 Å². The Balaban J connectivity index is 1.53.